The van der Waals surface area contributed by atoms with Crippen LogP contribution in [-0.2, 0) is 16.3 Å². The smallest absolute Gasteiger partial charge is 0.175 e. The Morgan fingerprint density at radius 2 is 2.00 bits per heavy atom. The number of hydrogen-bond donors (Lipinski definition) is 1. The Kier molecular flexibility index (Phi) is 3.97. The van der Waals surface area contributed by atoms with Crippen molar-refractivity contribution in [3.05, 3.63) is 59.9 Å². The predicted octanol–water partition coefficient (Wildman–Crippen LogP) is 1.73. The van der Waals surface area contributed by atoms with Crippen LogP contribution < -0.4 is 5.73 Å². The second kappa shape index (κ2) is 5.50. The number of pyridine rings is 1. The van der Waals surface area contributed by atoms with E-state index in [2.05, 4.69) is 4.98 Å². The Morgan fingerprint density at radius 3 is 2.63 bits per heavy atom. The first-order chi connectivity index (χ1) is 8.97. The Balaban J connectivity index is 2.23. The number of rotatable bonds is 4. The van der Waals surface area contributed by atoms with Crippen molar-refractivity contribution in [1.82, 2.24) is 4.98 Å². The van der Waals surface area contributed by atoms with E-state index in [-0.39, 0.29) is 6.04 Å². The maximum absolute atomic E-state index is 11.5. The lowest BCUT2D eigenvalue weighted by Crippen LogP contribution is -2.14. The van der Waals surface area contributed by atoms with E-state index < -0.39 is 9.84 Å². The third-order valence-electron chi connectivity index (χ3n) is 2.87. The van der Waals surface area contributed by atoms with E-state index in [1.54, 1.807) is 24.4 Å². The van der Waals surface area contributed by atoms with Crippen LogP contribution in [0.25, 0.3) is 0 Å². The summed E-state index contributed by atoms with van der Waals surface area (Å²) in [5.41, 5.74) is 7.79. The lowest BCUT2D eigenvalue weighted by atomic mass is 10.0. The molecule has 1 aromatic carbocycles. The summed E-state index contributed by atoms with van der Waals surface area (Å²) in [6.45, 7) is 0. The fourth-order valence-electron chi connectivity index (χ4n) is 1.84. The first-order valence-electron chi connectivity index (χ1n) is 5.92. The highest BCUT2D eigenvalue weighted by Crippen LogP contribution is 2.18. The normalized spacial score (nSPS) is 13.2. The van der Waals surface area contributed by atoms with Gasteiger partial charge in [-0.25, -0.2) is 8.42 Å². The molecular formula is C14H16N2O2S. The summed E-state index contributed by atoms with van der Waals surface area (Å²) in [5, 5.41) is 0. The fourth-order valence-corrected chi connectivity index (χ4v) is 2.51. The molecule has 0 saturated heterocycles. The Hall–Kier alpha value is -1.72. The zero-order valence-corrected chi connectivity index (χ0v) is 11.5. The molecule has 1 atom stereocenters. The molecule has 0 aliphatic heterocycles. The zero-order chi connectivity index (χ0) is 13.9. The van der Waals surface area contributed by atoms with Gasteiger partial charge in [-0.15, -0.1) is 0 Å². The Morgan fingerprint density at radius 1 is 1.21 bits per heavy atom. The molecule has 1 heterocycles. The molecular weight excluding hydrogens is 260 g/mol. The highest BCUT2D eigenvalue weighted by molar-refractivity contribution is 7.90. The number of benzene rings is 1. The zero-order valence-electron chi connectivity index (χ0n) is 10.7. The van der Waals surface area contributed by atoms with Crippen molar-refractivity contribution in [3.8, 4) is 0 Å². The van der Waals surface area contributed by atoms with Crippen LogP contribution in [0.15, 0.2) is 53.6 Å². The second-order valence-electron chi connectivity index (χ2n) is 4.48. The van der Waals surface area contributed by atoms with E-state index in [1.807, 2.05) is 24.3 Å². The average molecular weight is 276 g/mol. The molecule has 1 aromatic heterocycles. The van der Waals surface area contributed by atoms with Crippen LogP contribution in [0.1, 0.15) is 17.3 Å². The van der Waals surface area contributed by atoms with Gasteiger partial charge in [0.2, 0.25) is 0 Å². The van der Waals surface area contributed by atoms with Crippen LogP contribution in [-0.4, -0.2) is 19.7 Å². The topological polar surface area (TPSA) is 73.0 Å². The third-order valence-corrected chi connectivity index (χ3v) is 3.98. The summed E-state index contributed by atoms with van der Waals surface area (Å²) in [7, 11) is -3.20. The maximum Gasteiger partial charge on any atom is 0.175 e. The number of hydrogen-bond acceptors (Lipinski definition) is 4. The van der Waals surface area contributed by atoms with E-state index in [9.17, 15) is 8.42 Å². The van der Waals surface area contributed by atoms with Gasteiger partial charge in [-0.2, -0.15) is 0 Å². The quantitative estimate of drug-likeness (QED) is 0.923. The molecule has 100 valence electrons. The van der Waals surface area contributed by atoms with Gasteiger partial charge in [0.15, 0.2) is 9.84 Å². The highest BCUT2D eigenvalue weighted by Gasteiger charge is 2.12. The minimum absolute atomic E-state index is 0.267. The largest absolute Gasteiger partial charge is 0.324 e. The van der Waals surface area contributed by atoms with Gasteiger partial charge in [-0.3, -0.25) is 4.98 Å². The van der Waals surface area contributed by atoms with Crippen LogP contribution in [0, 0.1) is 0 Å². The van der Waals surface area contributed by atoms with E-state index in [4.69, 9.17) is 5.73 Å². The summed E-state index contributed by atoms with van der Waals surface area (Å²) >= 11 is 0. The Bertz CT molecular complexity index is 654. The molecule has 2 rings (SSSR count). The number of sulfone groups is 1. The molecule has 5 heteroatoms. The highest BCUT2D eigenvalue weighted by atomic mass is 32.2. The van der Waals surface area contributed by atoms with Crippen LogP contribution in [0.3, 0.4) is 0 Å². The van der Waals surface area contributed by atoms with Gasteiger partial charge >= 0.3 is 0 Å². The standard InChI is InChI=1S/C14H16N2O2S/c1-19(17,18)13-7-4-5-11(9-13)14(15)10-12-6-2-3-8-16-12/h2-9,14H,10,15H2,1H3. The SMILES string of the molecule is CS(=O)(=O)c1cccc(C(N)Cc2ccccn2)c1. The first kappa shape index (κ1) is 13.7. The number of nitrogens with zero attached hydrogens (tertiary/aromatic N) is 1. The molecule has 2 N–H and O–H groups in total. The molecule has 4 nitrogen and oxygen atoms in total. The molecule has 19 heavy (non-hydrogen) atoms. The third kappa shape index (κ3) is 3.62. The second-order valence-corrected chi connectivity index (χ2v) is 6.49. The van der Waals surface area contributed by atoms with E-state index >= 15 is 0 Å². The molecule has 0 amide bonds. The van der Waals surface area contributed by atoms with Crippen molar-refractivity contribution >= 4 is 9.84 Å². The van der Waals surface area contributed by atoms with Gasteiger partial charge in [0, 0.05) is 30.6 Å². The molecule has 1 unspecified atom stereocenters. The summed E-state index contributed by atoms with van der Waals surface area (Å²) in [5.74, 6) is 0. The minimum atomic E-state index is -3.20. The van der Waals surface area contributed by atoms with Crippen LogP contribution >= 0.6 is 0 Å². The summed E-state index contributed by atoms with van der Waals surface area (Å²) in [4.78, 5) is 4.51. The van der Waals surface area contributed by atoms with Crippen molar-refractivity contribution in [2.24, 2.45) is 5.73 Å². The van der Waals surface area contributed by atoms with E-state index in [0.29, 0.717) is 11.3 Å². The number of aromatic nitrogens is 1. The predicted molar refractivity (Wildman–Crippen MR) is 74.4 cm³/mol. The summed E-state index contributed by atoms with van der Waals surface area (Å²) in [6.07, 6.45) is 3.49. The van der Waals surface area contributed by atoms with Gasteiger partial charge < -0.3 is 5.73 Å². The average Bonchev–Trinajstić information content (AvgIpc) is 2.39. The van der Waals surface area contributed by atoms with Crippen LogP contribution in [0.5, 0.6) is 0 Å². The molecule has 0 radical (unpaired) electrons. The monoisotopic (exact) mass is 276 g/mol. The van der Waals surface area contributed by atoms with Gasteiger partial charge in [0.25, 0.3) is 0 Å². The van der Waals surface area contributed by atoms with Crippen molar-refractivity contribution < 1.29 is 8.42 Å². The molecule has 0 fully saturated rings. The maximum atomic E-state index is 11.5. The summed E-state index contributed by atoms with van der Waals surface area (Å²) in [6, 6.07) is 12.1. The lowest BCUT2D eigenvalue weighted by Gasteiger charge is -2.12. The number of nitrogens with two attached hydrogens (primary N) is 1. The molecule has 0 saturated carbocycles. The minimum Gasteiger partial charge on any atom is -0.324 e. The fraction of sp³-hybridized carbons (Fsp3) is 0.214. The van der Waals surface area contributed by atoms with Gasteiger partial charge in [-0.1, -0.05) is 18.2 Å². The molecule has 2 aromatic rings. The first-order valence-corrected chi connectivity index (χ1v) is 7.81. The van der Waals surface area contributed by atoms with Crippen molar-refractivity contribution in [3.63, 3.8) is 0 Å². The molecule has 0 bridgehead atoms. The molecule has 0 spiro atoms. The summed E-state index contributed by atoms with van der Waals surface area (Å²) < 4.78 is 23.0. The molecule has 0 aliphatic carbocycles. The molecule has 0 aliphatic rings. The van der Waals surface area contributed by atoms with E-state index in [1.165, 1.54) is 6.26 Å². The Labute approximate surface area is 113 Å². The van der Waals surface area contributed by atoms with E-state index in [0.717, 1.165) is 11.3 Å². The van der Waals surface area contributed by atoms with Gasteiger partial charge in [0.05, 0.1) is 4.90 Å². The van der Waals surface area contributed by atoms with Gasteiger partial charge in [0.1, 0.15) is 0 Å². The van der Waals surface area contributed by atoms with Crippen molar-refractivity contribution in [1.29, 1.82) is 0 Å². The van der Waals surface area contributed by atoms with Crippen molar-refractivity contribution in [2.45, 2.75) is 17.4 Å². The van der Waals surface area contributed by atoms with Crippen LogP contribution in [0.2, 0.25) is 0 Å². The van der Waals surface area contributed by atoms with Crippen molar-refractivity contribution in [2.75, 3.05) is 6.26 Å². The van der Waals surface area contributed by atoms with Crippen LogP contribution in [0.4, 0.5) is 0 Å². The van der Waals surface area contributed by atoms with Gasteiger partial charge in [-0.05, 0) is 29.8 Å². The lowest BCUT2D eigenvalue weighted by molar-refractivity contribution is 0.601.